The second kappa shape index (κ2) is 6.69. The summed E-state index contributed by atoms with van der Waals surface area (Å²) >= 11 is 0. The van der Waals surface area contributed by atoms with E-state index in [0.29, 0.717) is 19.3 Å². The average Bonchev–Trinajstić information content (AvgIpc) is 2.28. The van der Waals surface area contributed by atoms with Crippen LogP contribution in [0.1, 0.15) is 19.3 Å². The molecular weight excluding hydrogens is 230 g/mol. The van der Waals surface area contributed by atoms with Gasteiger partial charge in [-0.1, -0.05) is 0 Å². The lowest BCUT2D eigenvalue weighted by Gasteiger charge is -2.28. The fraction of sp³-hybridized carbons (Fsp3) is 0.667. The quantitative estimate of drug-likeness (QED) is 0.365. The van der Waals surface area contributed by atoms with Crippen molar-refractivity contribution in [3.8, 4) is 0 Å². The Balaban J connectivity index is 2.20. The van der Waals surface area contributed by atoms with Gasteiger partial charge in [-0.3, -0.25) is 20.4 Å². The number of amides is 3. The van der Waals surface area contributed by atoms with E-state index < -0.39 is 6.09 Å². The monoisotopic (exact) mass is 245 g/mol. The van der Waals surface area contributed by atoms with Crippen molar-refractivity contribution in [1.82, 2.24) is 16.2 Å². The number of hydrazine groups is 1. The molecule has 1 aliphatic rings. The molecule has 0 aromatic carbocycles. The van der Waals surface area contributed by atoms with Gasteiger partial charge >= 0.3 is 6.09 Å². The molecule has 0 bridgehead atoms. The summed E-state index contributed by atoms with van der Waals surface area (Å²) in [4.78, 5) is 31.5. The van der Waals surface area contributed by atoms with Gasteiger partial charge in [-0.05, 0) is 12.8 Å². The van der Waals surface area contributed by atoms with Crippen molar-refractivity contribution in [3.63, 3.8) is 0 Å². The van der Waals surface area contributed by atoms with E-state index >= 15 is 0 Å². The zero-order valence-corrected chi connectivity index (χ0v) is 9.14. The third-order valence-electron chi connectivity index (χ3n) is 2.38. The van der Waals surface area contributed by atoms with Crippen LogP contribution < -0.4 is 16.2 Å². The van der Waals surface area contributed by atoms with E-state index in [9.17, 15) is 14.4 Å². The molecule has 1 saturated heterocycles. The lowest BCUT2D eigenvalue weighted by atomic mass is 10.0. The van der Waals surface area contributed by atoms with Gasteiger partial charge < -0.3 is 15.2 Å². The Kier molecular flexibility index (Phi) is 5.21. The van der Waals surface area contributed by atoms with Gasteiger partial charge in [0.1, 0.15) is 0 Å². The predicted molar refractivity (Wildman–Crippen MR) is 55.9 cm³/mol. The molecule has 4 N–H and O–H groups in total. The summed E-state index contributed by atoms with van der Waals surface area (Å²) in [5, 5.41) is 10.8. The molecule has 2 atom stereocenters. The van der Waals surface area contributed by atoms with Crippen LogP contribution >= 0.6 is 0 Å². The molecule has 1 fully saturated rings. The van der Waals surface area contributed by atoms with Gasteiger partial charge in [0.25, 0.3) is 0 Å². The van der Waals surface area contributed by atoms with Crippen molar-refractivity contribution < 1.29 is 24.2 Å². The zero-order chi connectivity index (χ0) is 12.7. The Morgan fingerprint density at radius 2 is 2.18 bits per heavy atom. The van der Waals surface area contributed by atoms with Crippen molar-refractivity contribution in [1.29, 1.82) is 0 Å². The molecule has 1 aliphatic heterocycles. The third kappa shape index (κ3) is 5.16. The summed E-state index contributed by atoms with van der Waals surface area (Å²) in [5.41, 5.74) is 4.22. The maximum atomic E-state index is 11.2. The van der Waals surface area contributed by atoms with Gasteiger partial charge in [-0.25, -0.2) is 4.79 Å². The first-order chi connectivity index (χ1) is 8.11. The minimum Gasteiger partial charge on any atom is -0.465 e. The summed E-state index contributed by atoms with van der Waals surface area (Å²) in [7, 11) is 0. The molecule has 0 aromatic rings. The standard InChI is InChI=1S/C9H15N3O5/c13-5-10-12-8(14)3-7-2-1-6(4-17-7)11-9(15)16/h5-7,11H,1-4H2,(H,10,13)(H,12,14)(H,15,16)/t6-,7+/m1/s1. The number of carbonyl (C=O) groups excluding carboxylic acids is 2. The van der Waals surface area contributed by atoms with Crippen LogP contribution in [0.3, 0.4) is 0 Å². The third-order valence-corrected chi connectivity index (χ3v) is 2.38. The highest BCUT2D eigenvalue weighted by molar-refractivity contribution is 5.77. The summed E-state index contributed by atoms with van der Waals surface area (Å²) < 4.78 is 5.34. The lowest BCUT2D eigenvalue weighted by molar-refractivity contribution is -0.128. The Labute approximate surface area is 97.7 Å². The molecule has 3 amide bonds. The van der Waals surface area contributed by atoms with Gasteiger partial charge in [0.05, 0.1) is 25.2 Å². The number of carbonyl (C=O) groups is 3. The van der Waals surface area contributed by atoms with Crippen molar-refractivity contribution in [3.05, 3.63) is 0 Å². The molecule has 1 heterocycles. The van der Waals surface area contributed by atoms with Crippen molar-refractivity contribution >= 4 is 18.4 Å². The Morgan fingerprint density at radius 1 is 1.41 bits per heavy atom. The maximum absolute atomic E-state index is 11.2. The van der Waals surface area contributed by atoms with E-state index in [1.165, 1.54) is 0 Å². The minimum atomic E-state index is -1.08. The first kappa shape index (κ1) is 13.2. The second-order valence-corrected chi connectivity index (χ2v) is 3.69. The molecule has 96 valence electrons. The number of nitrogens with one attached hydrogen (secondary N) is 3. The molecule has 0 aliphatic carbocycles. The van der Waals surface area contributed by atoms with Crippen molar-refractivity contribution in [2.75, 3.05) is 6.61 Å². The van der Waals surface area contributed by atoms with E-state index in [-0.39, 0.29) is 31.1 Å². The largest absolute Gasteiger partial charge is 0.465 e. The van der Waals surface area contributed by atoms with E-state index in [2.05, 4.69) is 10.7 Å². The van der Waals surface area contributed by atoms with Crippen LogP contribution in [-0.4, -0.2) is 42.3 Å². The highest BCUT2D eigenvalue weighted by atomic mass is 16.5. The number of hydrogen-bond donors (Lipinski definition) is 4. The van der Waals surface area contributed by atoms with Crippen molar-refractivity contribution in [2.24, 2.45) is 0 Å². The Bertz CT molecular complexity index is 288. The van der Waals surface area contributed by atoms with Gasteiger partial charge in [-0.15, -0.1) is 0 Å². The minimum absolute atomic E-state index is 0.140. The van der Waals surface area contributed by atoms with E-state index in [1.807, 2.05) is 5.43 Å². The van der Waals surface area contributed by atoms with Crippen LogP contribution in [0.15, 0.2) is 0 Å². The average molecular weight is 245 g/mol. The topological polar surface area (TPSA) is 117 Å². The number of hydrogen-bond acceptors (Lipinski definition) is 4. The normalized spacial score (nSPS) is 23.5. The molecule has 8 nitrogen and oxygen atoms in total. The highest BCUT2D eigenvalue weighted by Crippen LogP contribution is 2.16. The molecule has 0 saturated carbocycles. The first-order valence-electron chi connectivity index (χ1n) is 5.21. The van der Waals surface area contributed by atoms with Crippen LogP contribution in [0.4, 0.5) is 4.79 Å². The first-order valence-corrected chi connectivity index (χ1v) is 5.21. The Hall–Kier alpha value is -1.83. The molecule has 0 spiro atoms. The van der Waals surface area contributed by atoms with Crippen LogP contribution in [0.25, 0.3) is 0 Å². The fourth-order valence-corrected chi connectivity index (χ4v) is 1.62. The van der Waals surface area contributed by atoms with Crippen LogP contribution in [0, 0.1) is 0 Å². The molecule has 1 rings (SSSR count). The molecule has 0 unspecified atom stereocenters. The Morgan fingerprint density at radius 3 is 2.71 bits per heavy atom. The predicted octanol–water partition coefficient (Wildman–Crippen LogP) is -1.03. The summed E-state index contributed by atoms with van der Waals surface area (Å²) in [5.74, 6) is -0.341. The number of rotatable bonds is 5. The van der Waals surface area contributed by atoms with Gasteiger partial charge in [0.15, 0.2) is 0 Å². The van der Waals surface area contributed by atoms with E-state index in [4.69, 9.17) is 9.84 Å². The summed E-state index contributed by atoms with van der Waals surface area (Å²) in [6.07, 6.45) is 0.415. The number of ether oxygens (including phenoxy) is 1. The smallest absolute Gasteiger partial charge is 0.404 e. The molecule has 17 heavy (non-hydrogen) atoms. The summed E-state index contributed by atoms with van der Waals surface area (Å²) in [6, 6.07) is -0.222. The van der Waals surface area contributed by atoms with E-state index in [0.717, 1.165) is 0 Å². The SMILES string of the molecule is O=CNNC(=O)C[C@@H]1CC[C@@H](NC(=O)O)CO1. The zero-order valence-electron chi connectivity index (χ0n) is 9.14. The summed E-state index contributed by atoms with van der Waals surface area (Å²) in [6.45, 7) is 0.255. The number of carboxylic acid groups (broad SMARTS) is 1. The highest BCUT2D eigenvalue weighted by Gasteiger charge is 2.24. The second-order valence-electron chi connectivity index (χ2n) is 3.69. The van der Waals surface area contributed by atoms with E-state index in [1.54, 1.807) is 0 Å². The van der Waals surface area contributed by atoms with Crippen LogP contribution in [-0.2, 0) is 14.3 Å². The van der Waals surface area contributed by atoms with Gasteiger partial charge in [0.2, 0.25) is 12.3 Å². The molecule has 0 aromatic heterocycles. The van der Waals surface area contributed by atoms with Crippen LogP contribution in [0.5, 0.6) is 0 Å². The maximum Gasteiger partial charge on any atom is 0.404 e. The molecular formula is C9H15N3O5. The van der Waals surface area contributed by atoms with Crippen LogP contribution in [0.2, 0.25) is 0 Å². The fourth-order valence-electron chi connectivity index (χ4n) is 1.62. The van der Waals surface area contributed by atoms with Crippen molar-refractivity contribution in [2.45, 2.75) is 31.4 Å². The van der Waals surface area contributed by atoms with Gasteiger partial charge in [0, 0.05) is 0 Å². The molecule has 8 heteroatoms. The molecule has 0 radical (unpaired) electrons. The lowest BCUT2D eigenvalue weighted by Crippen LogP contribution is -2.44. The van der Waals surface area contributed by atoms with Gasteiger partial charge in [-0.2, -0.15) is 0 Å².